The second-order valence-electron chi connectivity index (χ2n) is 5.16. The van der Waals surface area contributed by atoms with Crippen molar-refractivity contribution in [1.29, 1.82) is 0 Å². The lowest BCUT2D eigenvalue weighted by Gasteiger charge is -2.28. The summed E-state index contributed by atoms with van der Waals surface area (Å²) in [6, 6.07) is 0. The van der Waals surface area contributed by atoms with Crippen LogP contribution >= 0.6 is 0 Å². The molecule has 19 heavy (non-hydrogen) atoms. The van der Waals surface area contributed by atoms with Gasteiger partial charge in [-0.15, -0.1) is 0 Å². The third kappa shape index (κ3) is 1.68. The Kier molecular flexibility index (Phi) is 3.40. The van der Waals surface area contributed by atoms with E-state index in [-0.39, 0.29) is 11.7 Å². The molecule has 0 aromatic carbocycles. The van der Waals surface area contributed by atoms with Gasteiger partial charge in [0.05, 0.1) is 5.41 Å². The smallest absolute Gasteiger partial charge is 0.175 e. The van der Waals surface area contributed by atoms with Crippen LogP contribution in [0.5, 0.6) is 0 Å². The Labute approximate surface area is 114 Å². The first-order valence-electron chi connectivity index (χ1n) is 6.83. The lowest BCUT2D eigenvalue weighted by atomic mass is 9.73. The lowest BCUT2D eigenvalue weighted by Crippen LogP contribution is -2.34. The lowest BCUT2D eigenvalue weighted by molar-refractivity contribution is 0.0867. The third-order valence-electron chi connectivity index (χ3n) is 4.09. The molecule has 3 heteroatoms. The number of Topliss-reactive ketones (excluding diaryl/α,β-unsaturated/α-hetero) is 1. The summed E-state index contributed by atoms with van der Waals surface area (Å²) in [6.07, 6.45) is 7.06. The number of aromatic nitrogens is 2. The molecule has 2 heterocycles. The number of hydrogen-bond donors (Lipinski definition) is 0. The summed E-state index contributed by atoms with van der Waals surface area (Å²) in [5.41, 5.74) is 1.33. The van der Waals surface area contributed by atoms with Gasteiger partial charge in [-0.25, -0.2) is 0 Å². The molecular weight excluding hydrogens is 236 g/mol. The number of pyridine rings is 2. The van der Waals surface area contributed by atoms with Gasteiger partial charge in [0.2, 0.25) is 0 Å². The van der Waals surface area contributed by atoms with E-state index >= 15 is 0 Å². The van der Waals surface area contributed by atoms with Gasteiger partial charge in [-0.1, -0.05) is 27.7 Å². The molecule has 0 amide bonds. The van der Waals surface area contributed by atoms with E-state index in [2.05, 4.69) is 23.8 Å². The highest BCUT2D eigenvalue weighted by atomic mass is 16.1. The molecule has 2 aromatic heterocycles. The van der Waals surface area contributed by atoms with Crippen molar-refractivity contribution in [1.82, 2.24) is 9.97 Å². The molecule has 0 saturated heterocycles. The molecule has 0 fully saturated rings. The summed E-state index contributed by atoms with van der Waals surface area (Å²) >= 11 is 0. The predicted octanol–water partition coefficient (Wildman–Crippen LogP) is 3.77. The van der Waals surface area contributed by atoms with Gasteiger partial charge in [0.25, 0.3) is 0 Å². The fourth-order valence-corrected chi connectivity index (χ4v) is 2.67. The van der Waals surface area contributed by atoms with Crippen LogP contribution in [0.25, 0.3) is 10.8 Å². The molecule has 0 spiro atoms. The fraction of sp³-hybridized carbons (Fsp3) is 0.438. The maximum atomic E-state index is 12.6. The van der Waals surface area contributed by atoms with Crippen LogP contribution in [0.3, 0.4) is 0 Å². The normalized spacial score (nSPS) is 20.6. The monoisotopic (exact) mass is 256 g/mol. The van der Waals surface area contributed by atoms with Gasteiger partial charge in [-0.3, -0.25) is 14.8 Å². The topological polar surface area (TPSA) is 42.9 Å². The molecule has 0 aliphatic heterocycles. The molecule has 0 radical (unpaired) electrons. The van der Waals surface area contributed by atoms with Crippen molar-refractivity contribution in [3.63, 3.8) is 0 Å². The van der Waals surface area contributed by atoms with Crippen LogP contribution in [0.2, 0.25) is 0 Å². The number of carbonyl (C=O) groups is 1. The molecule has 0 N–H and O–H groups in total. The number of rotatable bonds is 1. The number of nitrogens with zero attached hydrogens (tertiary/aromatic N) is 2. The molecule has 0 bridgehead atoms. The summed E-state index contributed by atoms with van der Waals surface area (Å²) in [6.45, 7) is 10.2. The number of carbonyl (C=O) groups excluding carboxylic acids is 1. The van der Waals surface area contributed by atoms with E-state index in [4.69, 9.17) is 0 Å². The molecule has 0 saturated carbocycles. The second-order valence-corrected chi connectivity index (χ2v) is 5.16. The highest BCUT2D eigenvalue weighted by molar-refractivity contribution is 6.19. The predicted molar refractivity (Wildman–Crippen MR) is 77.4 cm³/mol. The molecule has 1 unspecified atom stereocenters. The van der Waals surface area contributed by atoms with Crippen LogP contribution in [0.4, 0.5) is 0 Å². The maximum Gasteiger partial charge on any atom is 0.175 e. The van der Waals surface area contributed by atoms with Crippen molar-refractivity contribution in [2.24, 2.45) is 5.92 Å². The average molecular weight is 256 g/mol. The molecule has 3 nitrogen and oxygen atoms in total. The van der Waals surface area contributed by atoms with Crippen LogP contribution < -0.4 is 0 Å². The zero-order valence-corrected chi connectivity index (χ0v) is 12.2. The summed E-state index contributed by atoms with van der Waals surface area (Å²) in [7, 11) is 0. The van der Waals surface area contributed by atoms with Gasteiger partial charge < -0.3 is 0 Å². The molecule has 100 valence electrons. The third-order valence-corrected chi connectivity index (χ3v) is 4.09. The number of hydrogen-bond acceptors (Lipinski definition) is 3. The van der Waals surface area contributed by atoms with E-state index in [1.165, 1.54) is 0 Å². The Morgan fingerprint density at radius 1 is 1.05 bits per heavy atom. The Bertz CT molecular complexity index is 628. The maximum absolute atomic E-state index is 12.6. The minimum atomic E-state index is -0.460. The SMILES string of the molecule is CC.CC(C)C1(C)C(=O)c2cncc3cncc1c23. The highest BCUT2D eigenvalue weighted by Gasteiger charge is 2.46. The minimum Gasteiger partial charge on any atom is -0.293 e. The first-order chi connectivity index (χ1) is 9.06. The van der Waals surface area contributed by atoms with E-state index < -0.39 is 5.41 Å². The van der Waals surface area contributed by atoms with Gasteiger partial charge in [-0.05, 0) is 18.4 Å². The highest BCUT2D eigenvalue weighted by Crippen LogP contribution is 2.45. The van der Waals surface area contributed by atoms with Crippen molar-refractivity contribution in [3.8, 4) is 0 Å². The summed E-state index contributed by atoms with van der Waals surface area (Å²) in [5.74, 6) is 0.420. The van der Waals surface area contributed by atoms with Gasteiger partial charge >= 0.3 is 0 Å². The largest absolute Gasteiger partial charge is 0.293 e. The van der Waals surface area contributed by atoms with Gasteiger partial charge in [0.1, 0.15) is 0 Å². The first-order valence-corrected chi connectivity index (χ1v) is 6.83. The van der Waals surface area contributed by atoms with Crippen LogP contribution in [0.15, 0.2) is 24.8 Å². The second kappa shape index (κ2) is 4.72. The Morgan fingerprint density at radius 3 is 2.21 bits per heavy atom. The van der Waals surface area contributed by atoms with Crippen LogP contribution in [0.1, 0.15) is 50.5 Å². The van der Waals surface area contributed by atoms with Crippen molar-refractivity contribution >= 4 is 16.6 Å². The fourth-order valence-electron chi connectivity index (χ4n) is 2.67. The molecule has 1 aliphatic rings. The summed E-state index contributed by atoms with van der Waals surface area (Å²) < 4.78 is 0. The van der Waals surface area contributed by atoms with Crippen LogP contribution in [-0.2, 0) is 5.41 Å². The minimum absolute atomic E-state index is 0.175. The van der Waals surface area contributed by atoms with E-state index in [0.29, 0.717) is 0 Å². The average Bonchev–Trinajstić information content (AvgIpc) is 2.67. The van der Waals surface area contributed by atoms with Crippen molar-refractivity contribution in [2.75, 3.05) is 0 Å². The Balaban J connectivity index is 0.000000637. The quantitative estimate of drug-likeness (QED) is 0.780. The summed E-state index contributed by atoms with van der Waals surface area (Å²) in [4.78, 5) is 20.9. The molecule has 2 aromatic rings. The first kappa shape index (κ1) is 13.7. The molecular formula is C16H20N2O. The van der Waals surface area contributed by atoms with Gasteiger partial charge in [0, 0.05) is 41.1 Å². The standard InChI is InChI=1S/C14H14N2O.C2H6/c1-8(2)14(3)11-7-16-5-9-4-15-6-10(12(9)11)13(14)17;1-2/h4-8H,1-3H3;1-2H3. The van der Waals surface area contributed by atoms with Crippen molar-refractivity contribution < 1.29 is 4.79 Å². The van der Waals surface area contributed by atoms with E-state index in [0.717, 1.165) is 21.9 Å². The van der Waals surface area contributed by atoms with E-state index in [1.54, 1.807) is 18.6 Å². The summed E-state index contributed by atoms with van der Waals surface area (Å²) in [5, 5.41) is 1.99. The van der Waals surface area contributed by atoms with Crippen LogP contribution in [-0.4, -0.2) is 15.8 Å². The zero-order valence-electron chi connectivity index (χ0n) is 12.2. The van der Waals surface area contributed by atoms with Crippen LogP contribution in [0, 0.1) is 5.92 Å². The van der Waals surface area contributed by atoms with Crippen molar-refractivity contribution in [2.45, 2.75) is 40.0 Å². The van der Waals surface area contributed by atoms with Crippen molar-refractivity contribution in [3.05, 3.63) is 35.9 Å². The van der Waals surface area contributed by atoms with E-state index in [1.807, 2.05) is 27.0 Å². The van der Waals surface area contributed by atoms with E-state index in [9.17, 15) is 4.79 Å². The molecule has 1 atom stereocenters. The zero-order chi connectivity index (χ0) is 14.2. The number of ketones is 1. The Hall–Kier alpha value is -1.77. The molecule has 3 rings (SSSR count). The molecule has 1 aliphatic carbocycles. The Morgan fingerprint density at radius 2 is 1.63 bits per heavy atom. The van der Waals surface area contributed by atoms with Gasteiger partial charge in [-0.2, -0.15) is 0 Å². The van der Waals surface area contributed by atoms with Gasteiger partial charge in [0.15, 0.2) is 5.78 Å².